The molecule has 0 saturated carbocycles. The second-order valence-electron chi connectivity index (χ2n) is 5.68. The minimum atomic E-state index is -0.388. The molecule has 0 aromatic heterocycles. The summed E-state index contributed by atoms with van der Waals surface area (Å²) in [6.45, 7) is 4.69. The molecule has 2 saturated heterocycles. The standard InChI is InChI=1S/C16H22ClNO2/c1-2-3-12-4-5-13(14(17)10-12)15-11-19-16(20-15)6-8-18-9-7-16/h4-5,10,15,18H,2-3,6-9,11H2,1H3. The van der Waals surface area contributed by atoms with Crippen molar-refractivity contribution in [2.75, 3.05) is 19.7 Å². The van der Waals surface area contributed by atoms with Crippen LogP contribution >= 0.6 is 11.6 Å². The lowest BCUT2D eigenvalue weighted by Crippen LogP contribution is -2.42. The topological polar surface area (TPSA) is 30.5 Å². The SMILES string of the molecule is CCCc1ccc(C2COC3(CCNCC3)O2)c(Cl)c1. The second kappa shape index (κ2) is 6.02. The van der Waals surface area contributed by atoms with Gasteiger partial charge in [0, 0.05) is 36.5 Å². The highest BCUT2D eigenvalue weighted by Crippen LogP contribution is 2.40. The first kappa shape index (κ1) is 14.3. The van der Waals surface area contributed by atoms with E-state index in [4.69, 9.17) is 21.1 Å². The Kier molecular flexibility index (Phi) is 4.32. The Balaban J connectivity index is 1.74. The molecule has 0 amide bonds. The number of aryl methyl sites for hydroxylation is 1. The molecule has 20 heavy (non-hydrogen) atoms. The zero-order valence-corrected chi connectivity index (χ0v) is 12.7. The van der Waals surface area contributed by atoms with Gasteiger partial charge in [-0.1, -0.05) is 37.1 Å². The molecule has 0 bridgehead atoms. The zero-order chi connectivity index (χ0) is 14.0. The van der Waals surface area contributed by atoms with Gasteiger partial charge in [0.15, 0.2) is 5.79 Å². The van der Waals surface area contributed by atoms with Crippen LogP contribution in [-0.4, -0.2) is 25.5 Å². The number of hydrogen-bond donors (Lipinski definition) is 1. The predicted octanol–water partition coefficient (Wildman–Crippen LogP) is 3.46. The number of nitrogens with one attached hydrogen (secondary N) is 1. The van der Waals surface area contributed by atoms with Crippen LogP contribution in [0, 0.1) is 0 Å². The lowest BCUT2D eigenvalue weighted by atomic mass is 10.0. The highest BCUT2D eigenvalue weighted by Gasteiger charge is 2.43. The van der Waals surface area contributed by atoms with Gasteiger partial charge >= 0.3 is 0 Å². The molecule has 110 valence electrons. The van der Waals surface area contributed by atoms with Gasteiger partial charge in [-0.05, 0) is 18.1 Å². The summed E-state index contributed by atoms with van der Waals surface area (Å²) in [7, 11) is 0. The Bertz CT molecular complexity index is 472. The molecule has 1 aromatic rings. The largest absolute Gasteiger partial charge is 0.347 e. The molecule has 4 heteroatoms. The van der Waals surface area contributed by atoms with E-state index >= 15 is 0 Å². The molecule has 1 N–H and O–H groups in total. The van der Waals surface area contributed by atoms with Crippen molar-refractivity contribution >= 4 is 11.6 Å². The molecule has 3 nitrogen and oxygen atoms in total. The van der Waals surface area contributed by atoms with Gasteiger partial charge in [-0.3, -0.25) is 0 Å². The number of rotatable bonds is 3. The van der Waals surface area contributed by atoms with E-state index in [0.29, 0.717) is 6.61 Å². The van der Waals surface area contributed by atoms with E-state index < -0.39 is 0 Å². The van der Waals surface area contributed by atoms with Gasteiger partial charge in [-0.25, -0.2) is 0 Å². The Morgan fingerprint density at radius 2 is 2.15 bits per heavy atom. The first-order chi connectivity index (χ1) is 9.72. The maximum Gasteiger partial charge on any atom is 0.171 e. The summed E-state index contributed by atoms with van der Waals surface area (Å²) in [5.41, 5.74) is 2.35. The summed E-state index contributed by atoms with van der Waals surface area (Å²) in [5.74, 6) is -0.388. The molecule has 2 fully saturated rings. The van der Waals surface area contributed by atoms with Crippen LogP contribution in [0.1, 0.15) is 43.4 Å². The summed E-state index contributed by atoms with van der Waals surface area (Å²) in [4.78, 5) is 0. The highest BCUT2D eigenvalue weighted by atomic mass is 35.5. The number of ether oxygens (including phenoxy) is 2. The van der Waals surface area contributed by atoms with Crippen LogP contribution in [0.5, 0.6) is 0 Å². The normalized spacial score (nSPS) is 25.2. The van der Waals surface area contributed by atoms with Gasteiger partial charge in [0.1, 0.15) is 6.10 Å². The van der Waals surface area contributed by atoms with Crippen molar-refractivity contribution in [3.05, 3.63) is 34.3 Å². The van der Waals surface area contributed by atoms with Crippen molar-refractivity contribution in [2.24, 2.45) is 0 Å². The Labute approximate surface area is 125 Å². The molecule has 3 rings (SSSR count). The number of halogens is 1. The van der Waals surface area contributed by atoms with Gasteiger partial charge in [-0.15, -0.1) is 0 Å². The van der Waals surface area contributed by atoms with Crippen LogP contribution in [0.15, 0.2) is 18.2 Å². The van der Waals surface area contributed by atoms with Crippen LogP contribution < -0.4 is 5.32 Å². The van der Waals surface area contributed by atoms with E-state index in [1.54, 1.807) is 0 Å². The first-order valence-electron chi connectivity index (χ1n) is 7.53. The molecular formula is C16H22ClNO2. The molecule has 2 heterocycles. The number of hydrogen-bond acceptors (Lipinski definition) is 3. The molecule has 1 atom stereocenters. The second-order valence-corrected chi connectivity index (χ2v) is 6.09. The fourth-order valence-electron chi connectivity index (χ4n) is 3.05. The summed E-state index contributed by atoms with van der Waals surface area (Å²) in [5, 5.41) is 4.14. The predicted molar refractivity (Wildman–Crippen MR) is 80.1 cm³/mol. The van der Waals surface area contributed by atoms with Crippen LogP contribution in [0.25, 0.3) is 0 Å². The molecular weight excluding hydrogens is 274 g/mol. The monoisotopic (exact) mass is 295 g/mol. The van der Waals surface area contributed by atoms with E-state index in [0.717, 1.165) is 49.4 Å². The molecule has 0 radical (unpaired) electrons. The summed E-state index contributed by atoms with van der Waals surface area (Å²) in [6, 6.07) is 6.32. The van der Waals surface area contributed by atoms with E-state index in [-0.39, 0.29) is 11.9 Å². The Hall–Kier alpha value is -0.610. The smallest absolute Gasteiger partial charge is 0.171 e. The van der Waals surface area contributed by atoms with E-state index in [9.17, 15) is 0 Å². The van der Waals surface area contributed by atoms with Crippen LogP contribution in [0.4, 0.5) is 0 Å². The molecule has 1 aromatic carbocycles. The van der Waals surface area contributed by atoms with Gasteiger partial charge < -0.3 is 14.8 Å². The van der Waals surface area contributed by atoms with Crippen LogP contribution in [-0.2, 0) is 15.9 Å². The molecule has 2 aliphatic heterocycles. The fourth-order valence-corrected chi connectivity index (χ4v) is 3.38. The van der Waals surface area contributed by atoms with Crippen molar-refractivity contribution < 1.29 is 9.47 Å². The molecule has 2 aliphatic rings. The van der Waals surface area contributed by atoms with Crippen LogP contribution in [0.2, 0.25) is 5.02 Å². The van der Waals surface area contributed by atoms with Gasteiger partial charge in [0.25, 0.3) is 0 Å². The minimum absolute atomic E-state index is 0.0312. The third kappa shape index (κ3) is 2.86. The van der Waals surface area contributed by atoms with Gasteiger partial charge in [0.2, 0.25) is 0 Å². The summed E-state index contributed by atoms with van der Waals surface area (Å²) in [6.07, 6.45) is 3.99. The zero-order valence-electron chi connectivity index (χ0n) is 12.0. The fraction of sp³-hybridized carbons (Fsp3) is 0.625. The van der Waals surface area contributed by atoms with E-state index in [2.05, 4.69) is 30.4 Å². The molecule has 1 unspecified atom stereocenters. The third-order valence-electron chi connectivity index (χ3n) is 4.17. The highest BCUT2D eigenvalue weighted by molar-refractivity contribution is 6.31. The van der Waals surface area contributed by atoms with Crippen molar-refractivity contribution in [3.63, 3.8) is 0 Å². The van der Waals surface area contributed by atoms with E-state index in [1.165, 1.54) is 5.56 Å². The minimum Gasteiger partial charge on any atom is -0.347 e. The molecule has 0 aliphatic carbocycles. The molecule has 1 spiro atoms. The quantitative estimate of drug-likeness (QED) is 0.926. The summed E-state index contributed by atoms with van der Waals surface area (Å²) < 4.78 is 12.2. The van der Waals surface area contributed by atoms with Crippen molar-refractivity contribution in [1.29, 1.82) is 0 Å². The van der Waals surface area contributed by atoms with E-state index in [1.807, 2.05) is 0 Å². The lowest BCUT2D eigenvalue weighted by molar-refractivity contribution is -0.183. The third-order valence-corrected chi connectivity index (χ3v) is 4.50. The first-order valence-corrected chi connectivity index (χ1v) is 7.91. The van der Waals surface area contributed by atoms with Gasteiger partial charge in [0.05, 0.1) is 6.61 Å². The number of benzene rings is 1. The maximum absolute atomic E-state index is 6.42. The Morgan fingerprint density at radius 3 is 2.85 bits per heavy atom. The average molecular weight is 296 g/mol. The lowest BCUT2D eigenvalue weighted by Gasteiger charge is -2.32. The van der Waals surface area contributed by atoms with Crippen LogP contribution in [0.3, 0.4) is 0 Å². The van der Waals surface area contributed by atoms with Crippen molar-refractivity contribution in [1.82, 2.24) is 5.32 Å². The van der Waals surface area contributed by atoms with Crippen molar-refractivity contribution in [2.45, 2.75) is 44.5 Å². The Morgan fingerprint density at radius 1 is 1.35 bits per heavy atom. The summed E-state index contributed by atoms with van der Waals surface area (Å²) >= 11 is 6.42. The van der Waals surface area contributed by atoms with Gasteiger partial charge in [-0.2, -0.15) is 0 Å². The number of piperidine rings is 1. The maximum atomic E-state index is 6.42. The average Bonchev–Trinajstić information content (AvgIpc) is 2.84. The van der Waals surface area contributed by atoms with Crippen molar-refractivity contribution in [3.8, 4) is 0 Å².